The largest absolute Gasteiger partial charge is 0.504 e. The highest BCUT2D eigenvalue weighted by atomic mass is 32.1. The molecule has 0 bridgehead atoms. The van der Waals surface area contributed by atoms with Gasteiger partial charge in [0.05, 0.1) is 39.8 Å². The van der Waals surface area contributed by atoms with Gasteiger partial charge in [0.2, 0.25) is 4.80 Å². The van der Waals surface area contributed by atoms with Crippen LogP contribution in [0.1, 0.15) is 12.5 Å². The molecule has 0 saturated heterocycles. The molecule has 1 N–H and O–H groups in total. The van der Waals surface area contributed by atoms with Crippen molar-refractivity contribution in [3.63, 3.8) is 0 Å². The molecule has 2 aromatic carbocycles. The maximum absolute atomic E-state index is 10.1. The lowest BCUT2D eigenvalue weighted by Crippen LogP contribution is -2.13. The Morgan fingerprint density at radius 3 is 2.48 bits per heavy atom. The van der Waals surface area contributed by atoms with Crippen LogP contribution in [0, 0.1) is 0 Å². The van der Waals surface area contributed by atoms with Crippen molar-refractivity contribution in [3.05, 3.63) is 64.3 Å². The zero-order chi connectivity index (χ0) is 22.4. The van der Waals surface area contributed by atoms with E-state index in [0.29, 0.717) is 34.2 Å². The number of benzene rings is 2. The molecule has 162 valence electrons. The molecule has 0 aliphatic heterocycles. The summed E-state index contributed by atoms with van der Waals surface area (Å²) in [4.78, 5) is 5.34. The second-order valence-electron chi connectivity index (χ2n) is 6.73. The number of phenols is 1. The van der Waals surface area contributed by atoms with Crippen LogP contribution in [0.4, 0.5) is 0 Å². The summed E-state index contributed by atoms with van der Waals surface area (Å²) in [6.45, 7) is 6.34. The van der Waals surface area contributed by atoms with Crippen LogP contribution < -0.4 is 19.0 Å². The van der Waals surface area contributed by atoms with Crippen molar-refractivity contribution in [2.45, 2.75) is 6.92 Å². The molecular formula is C23H25N3O4S. The fourth-order valence-electron chi connectivity index (χ4n) is 2.83. The maximum atomic E-state index is 10.1. The molecule has 31 heavy (non-hydrogen) atoms. The van der Waals surface area contributed by atoms with Gasteiger partial charge in [-0.2, -0.15) is 5.10 Å². The predicted molar refractivity (Wildman–Crippen MR) is 124 cm³/mol. The Labute approximate surface area is 185 Å². The van der Waals surface area contributed by atoms with Crippen molar-refractivity contribution in [1.29, 1.82) is 0 Å². The molecule has 0 amide bonds. The summed E-state index contributed by atoms with van der Waals surface area (Å²) >= 11 is 1.47. The topological polar surface area (TPSA) is 77.6 Å². The summed E-state index contributed by atoms with van der Waals surface area (Å²) in [7, 11) is 4.75. The van der Waals surface area contributed by atoms with Gasteiger partial charge in [0.25, 0.3) is 0 Å². The number of hydrogen-bond acceptors (Lipinski definition) is 7. The van der Waals surface area contributed by atoms with E-state index in [1.165, 1.54) is 18.4 Å². The van der Waals surface area contributed by atoms with Gasteiger partial charge in [-0.05, 0) is 48.9 Å². The van der Waals surface area contributed by atoms with Crippen LogP contribution >= 0.6 is 11.3 Å². The van der Waals surface area contributed by atoms with Crippen LogP contribution in [0.25, 0.3) is 11.3 Å². The molecule has 0 aliphatic rings. The third-order valence-corrected chi connectivity index (χ3v) is 5.23. The van der Waals surface area contributed by atoms with E-state index in [9.17, 15) is 5.11 Å². The predicted octanol–water partition coefficient (Wildman–Crippen LogP) is 4.31. The van der Waals surface area contributed by atoms with Crippen molar-refractivity contribution >= 4 is 17.6 Å². The Balaban J connectivity index is 2.13. The maximum Gasteiger partial charge on any atom is 0.206 e. The van der Waals surface area contributed by atoms with E-state index in [1.54, 1.807) is 37.2 Å². The number of phenolic OH excluding ortho intramolecular Hbond substituents is 1. The lowest BCUT2D eigenvalue weighted by molar-refractivity contribution is 0.373. The minimum atomic E-state index is 0.0450. The number of thiazole rings is 1. The van der Waals surface area contributed by atoms with Gasteiger partial charge >= 0.3 is 0 Å². The Morgan fingerprint density at radius 1 is 1.10 bits per heavy atom. The van der Waals surface area contributed by atoms with Crippen molar-refractivity contribution in [3.8, 4) is 34.3 Å². The lowest BCUT2D eigenvalue weighted by atomic mass is 10.1. The zero-order valence-electron chi connectivity index (χ0n) is 18.0. The molecule has 1 heterocycles. The number of methoxy groups -OCH3 is 3. The first-order valence-electron chi connectivity index (χ1n) is 9.46. The molecular weight excluding hydrogens is 414 g/mol. The average Bonchev–Trinajstić information content (AvgIpc) is 3.18. The molecule has 8 heteroatoms. The SMILES string of the molecule is C=C(C)CN=c1scc(-c2cc(OC)ccc2OC)n1N=Cc1ccc(OC)c(O)c1. The second-order valence-corrected chi connectivity index (χ2v) is 7.57. The summed E-state index contributed by atoms with van der Waals surface area (Å²) < 4.78 is 17.8. The van der Waals surface area contributed by atoms with Gasteiger partial charge in [-0.3, -0.25) is 4.99 Å². The number of hydrogen-bond donors (Lipinski definition) is 1. The van der Waals surface area contributed by atoms with Crippen LogP contribution in [0.3, 0.4) is 0 Å². The van der Waals surface area contributed by atoms with Crippen LogP contribution in [-0.2, 0) is 0 Å². The Morgan fingerprint density at radius 2 is 1.84 bits per heavy atom. The summed E-state index contributed by atoms with van der Waals surface area (Å²) in [6.07, 6.45) is 1.65. The number of nitrogens with zero attached hydrogens (tertiary/aromatic N) is 3. The molecule has 1 aromatic heterocycles. The standard InChI is InChI=1S/C23H25N3O4S/c1-15(2)12-24-23-26(25-13-16-6-8-22(30-5)20(27)10-16)19(14-31-23)18-11-17(28-3)7-9-21(18)29-4/h6-11,13-14,27H,1,12H2,2-5H3. The van der Waals surface area contributed by atoms with Crippen molar-refractivity contribution in [2.75, 3.05) is 27.9 Å². The van der Waals surface area contributed by atoms with Crippen LogP contribution in [0.5, 0.6) is 23.0 Å². The first-order valence-corrected chi connectivity index (χ1v) is 10.3. The van der Waals surface area contributed by atoms with Crippen molar-refractivity contribution < 1.29 is 19.3 Å². The highest BCUT2D eigenvalue weighted by Crippen LogP contribution is 2.34. The first kappa shape index (κ1) is 22.2. The summed E-state index contributed by atoms with van der Waals surface area (Å²) in [5.41, 5.74) is 3.29. The van der Waals surface area contributed by atoms with E-state index < -0.39 is 0 Å². The molecule has 0 fully saturated rings. The van der Waals surface area contributed by atoms with Gasteiger partial charge in [-0.25, -0.2) is 4.68 Å². The first-order chi connectivity index (χ1) is 15.0. The highest BCUT2D eigenvalue weighted by Gasteiger charge is 2.14. The average molecular weight is 440 g/mol. The molecule has 3 aromatic rings. The molecule has 0 radical (unpaired) electrons. The third kappa shape index (κ3) is 5.16. The molecule has 0 saturated carbocycles. The van der Waals surface area contributed by atoms with Crippen LogP contribution in [-0.4, -0.2) is 43.9 Å². The summed E-state index contributed by atoms with van der Waals surface area (Å²) in [5, 5.41) is 16.7. The number of aromatic nitrogens is 1. The van der Waals surface area contributed by atoms with Gasteiger partial charge in [0.15, 0.2) is 11.5 Å². The van der Waals surface area contributed by atoms with Crippen molar-refractivity contribution in [2.24, 2.45) is 10.1 Å². The van der Waals surface area contributed by atoms with Crippen LogP contribution in [0.15, 0.2) is 64.0 Å². The molecule has 0 unspecified atom stereocenters. The molecule has 0 aliphatic carbocycles. The smallest absolute Gasteiger partial charge is 0.206 e. The second kappa shape index (κ2) is 9.99. The van der Waals surface area contributed by atoms with Gasteiger partial charge < -0.3 is 19.3 Å². The van der Waals surface area contributed by atoms with Crippen LogP contribution in [0.2, 0.25) is 0 Å². The molecule has 0 atom stereocenters. The monoisotopic (exact) mass is 439 g/mol. The third-order valence-electron chi connectivity index (χ3n) is 4.38. The van der Waals surface area contributed by atoms with Gasteiger partial charge in [0, 0.05) is 10.9 Å². The Kier molecular flexibility index (Phi) is 7.15. The molecule has 7 nitrogen and oxygen atoms in total. The van der Waals surface area contributed by atoms with E-state index in [1.807, 2.05) is 36.6 Å². The number of rotatable bonds is 8. The fraction of sp³-hybridized carbons (Fsp3) is 0.217. The van der Waals surface area contributed by atoms with E-state index in [4.69, 9.17) is 14.2 Å². The van der Waals surface area contributed by atoms with E-state index >= 15 is 0 Å². The molecule has 3 rings (SSSR count). The van der Waals surface area contributed by atoms with E-state index in [2.05, 4.69) is 16.7 Å². The van der Waals surface area contributed by atoms with Gasteiger partial charge in [-0.1, -0.05) is 12.2 Å². The number of ether oxygens (including phenoxy) is 3. The fourth-order valence-corrected chi connectivity index (χ4v) is 3.66. The van der Waals surface area contributed by atoms with Gasteiger partial charge in [-0.15, -0.1) is 11.3 Å². The van der Waals surface area contributed by atoms with E-state index in [-0.39, 0.29) is 5.75 Å². The Bertz CT molecular complexity index is 1180. The summed E-state index contributed by atoms with van der Waals surface area (Å²) in [6, 6.07) is 10.7. The molecule has 0 spiro atoms. The van der Waals surface area contributed by atoms with Gasteiger partial charge in [0.1, 0.15) is 11.5 Å². The minimum absolute atomic E-state index is 0.0450. The lowest BCUT2D eigenvalue weighted by Gasteiger charge is -2.11. The Hall–Kier alpha value is -3.52. The van der Waals surface area contributed by atoms with E-state index in [0.717, 1.165) is 16.8 Å². The van der Waals surface area contributed by atoms with Crippen molar-refractivity contribution in [1.82, 2.24) is 4.68 Å². The normalized spacial score (nSPS) is 11.7. The zero-order valence-corrected chi connectivity index (χ0v) is 18.8. The summed E-state index contributed by atoms with van der Waals surface area (Å²) in [5.74, 6) is 1.84. The minimum Gasteiger partial charge on any atom is -0.504 e. The highest BCUT2D eigenvalue weighted by molar-refractivity contribution is 7.07. The quantitative estimate of drug-likeness (QED) is 0.419. The number of aromatic hydroxyl groups is 1.